The highest BCUT2D eigenvalue weighted by atomic mass is 127. The van der Waals surface area contributed by atoms with Crippen molar-refractivity contribution in [3.63, 3.8) is 0 Å². The second-order valence-electron chi connectivity index (χ2n) is 5.13. The van der Waals surface area contributed by atoms with Crippen molar-refractivity contribution in [3.8, 4) is 5.75 Å². The molecule has 0 aromatic heterocycles. The Balaban J connectivity index is 1.94. The molecular weight excluding hydrogens is 399 g/mol. The Morgan fingerprint density at radius 3 is 1.87 bits per heavy atom. The first-order chi connectivity index (χ1) is 11.2. The summed E-state index contributed by atoms with van der Waals surface area (Å²) < 4.78 is 6.65. The maximum atomic E-state index is 12.8. The summed E-state index contributed by atoms with van der Waals surface area (Å²) in [5, 5.41) is 0. The fraction of sp³-hybridized carbons (Fsp3) is 0.0500. The maximum Gasteiger partial charge on any atom is 0.323 e. The molecule has 0 saturated carbocycles. The van der Waals surface area contributed by atoms with Crippen LogP contribution in [0.25, 0.3) is 0 Å². The highest BCUT2D eigenvalue weighted by Crippen LogP contribution is 2.27. The quantitative estimate of drug-likeness (QED) is 0.340. The van der Waals surface area contributed by atoms with E-state index in [0.717, 1.165) is 14.7 Å². The first-order valence-electron chi connectivity index (χ1n) is 7.31. The van der Waals surface area contributed by atoms with E-state index >= 15 is 0 Å². The van der Waals surface area contributed by atoms with Crippen LogP contribution >= 0.6 is 22.6 Å². The zero-order chi connectivity index (χ0) is 16.1. The Bertz CT molecular complexity index is 746. The van der Waals surface area contributed by atoms with E-state index in [1.54, 1.807) is 6.07 Å². The lowest BCUT2D eigenvalue weighted by Crippen LogP contribution is -2.20. The third-order valence-electron chi connectivity index (χ3n) is 3.52. The summed E-state index contributed by atoms with van der Waals surface area (Å²) in [5.74, 6) is -0.140. The molecule has 0 heterocycles. The highest BCUT2D eigenvalue weighted by molar-refractivity contribution is 14.1. The van der Waals surface area contributed by atoms with Crippen LogP contribution in [0.5, 0.6) is 5.75 Å². The van der Waals surface area contributed by atoms with Crippen LogP contribution in [0.3, 0.4) is 0 Å². The molecule has 23 heavy (non-hydrogen) atoms. The zero-order valence-electron chi connectivity index (χ0n) is 12.4. The van der Waals surface area contributed by atoms with E-state index < -0.39 is 5.92 Å². The summed E-state index contributed by atoms with van der Waals surface area (Å²) in [6, 6.07) is 26.9. The van der Waals surface area contributed by atoms with Gasteiger partial charge in [0.25, 0.3) is 0 Å². The number of benzene rings is 3. The van der Waals surface area contributed by atoms with Crippen LogP contribution in [0.15, 0.2) is 84.9 Å². The van der Waals surface area contributed by atoms with Crippen molar-refractivity contribution in [1.82, 2.24) is 0 Å². The molecule has 0 amide bonds. The van der Waals surface area contributed by atoms with Gasteiger partial charge < -0.3 is 4.74 Å². The largest absolute Gasteiger partial charge is 0.426 e. The molecule has 3 heteroatoms. The van der Waals surface area contributed by atoms with E-state index in [9.17, 15) is 4.79 Å². The monoisotopic (exact) mass is 414 g/mol. The molecular formula is C20H15IO2. The lowest BCUT2D eigenvalue weighted by Gasteiger charge is -2.17. The summed E-state index contributed by atoms with van der Waals surface area (Å²) in [4.78, 5) is 12.8. The number of carbonyl (C=O) groups excluding carboxylic acids is 1. The van der Waals surface area contributed by atoms with Gasteiger partial charge in [-0.3, -0.25) is 4.79 Å². The van der Waals surface area contributed by atoms with Crippen LogP contribution in [0.1, 0.15) is 17.0 Å². The number of rotatable bonds is 4. The third-order valence-corrected chi connectivity index (χ3v) is 4.19. The number of carbonyl (C=O) groups is 1. The van der Waals surface area contributed by atoms with Crippen molar-refractivity contribution in [2.75, 3.05) is 0 Å². The van der Waals surface area contributed by atoms with Crippen molar-refractivity contribution in [2.45, 2.75) is 5.92 Å². The molecule has 0 fully saturated rings. The van der Waals surface area contributed by atoms with Gasteiger partial charge in [0, 0.05) is 3.57 Å². The molecule has 0 unspecified atom stereocenters. The SMILES string of the molecule is O=C(Oc1cccc(I)c1)C(c1ccccc1)c1ccccc1. The molecule has 3 rings (SSSR count). The first kappa shape index (κ1) is 15.7. The van der Waals surface area contributed by atoms with Crippen molar-refractivity contribution < 1.29 is 9.53 Å². The van der Waals surface area contributed by atoms with Crippen LogP contribution in [-0.2, 0) is 4.79 Å². The number of hydrogen-bond donors (Lipinski definition) is 0. The van der Waals surface area contributed by atoms with Gasteiger partial charge in [-0.2, -0.15) is 0 Å². The normalized spacial score (nSPS) is 10.5. The van der Waals surface area contributed by atoms with E-state index in [1.807, 2.05) is 78.9 Å². The van der Waals surface area contributed by atoms with E-state index in [0.29, 0.717) is 5.75 Å². The van der Waals surface area contributed by atoms with Gasteiger partial charge in [0.15, 0.2) is 0 Å². The minimum atomic E-state index is -0.435. The Hall–Kier alpha value is -2.14. The Morgan fingerprint density at radius 1 is 0.783 bits per heavy atom. The third kappa shape index (κ3) is 3.99. The van der Waals surface area contributed by atoms with Gasteiger partial charge in [-0.05, 0) is 51.9 Å². The molecule has 0 N–H and O–H groups in total. The van der Waals surface area contributed by atoms with E-state index in [4.69, 9.17) is 4.74 Å². The van der Waals surface area contributed by atoms with Gasteiger partial charge in [-0.15, -0.1) is 0 Å². The fourth-order valence-corrected chi connectivity index (χ4v) is 2.98. The number of esters is 1. The average Bonchev–Trinajstić information content (AvgIpc) is 2.57. The molecule has 0 aliphatic heterocycles. The van der Waals surface area contributed by atoms with E-state index in [-0.39, 0.29) is 5.97 Å². The standard InChI is InChI=1S/C20H15IO2/c21-17-12-7-13-18(14-17)23-20(22)19(15-8-3-1-4-9-15)16-10-5-2-6-11-16/h1-14,19H. The first-order valence-corrected chi connectivity index (χ1v) is 8.39. The van der Waals surface area contributed by atoms with Crippen molar-refractivity contribution in [3.05, 3.63) is 99.6 Å². The second kappa shape index (κ2) is 7.42. The van der Waals surface area contributed by atoms with Gasteiger partial charge in [-0.1, -0.05) is 66.7 Å². The van der Waals surface area contributed by atoms with Crippen LogP contribution in [-0.4, -0.2) is 5.97 Å². The molecule has 0 aliphatic rings. The van der Waals surface area contributed by atoms with Gasteiger partial charge >= 0.3 is 5.97 Å². The molecule has 3 aromatic carbocycles. The summed E-state index contributed by atoms with van der Waals surface area (Å²) >= 11 is 2.20. The van der Waals surface area contributed by atoms with Crippen molar-refractivity contribution >= 4 is 28.6 Å². The van der Waals surface area contributed by atoms with Gasteiger partial charge in [0.2, 0.25) is 0 Å². The molecule has 0 radical (unpaired) electrons. The number of halogens is 1. The molecule has 0 saturated heterocycles. The van der Waals surface area contributed by atoms with Crippen molar-refractivity contribution in [1.29, 1.82) is 0 Å². The van der Waals surface area contributed by atoms with Crippen molar-refractivity contribution in [2.24, 2.45) is 0 Å². The predicted molar refractivity (Wildman–Crippen MR) is 99.5 cm³/mol. The fourth-order valence-electron chi connectivity index (χ4n) is 2.46. The summed E-state index contributed by atoms with van der Waals surface area (Å²) in [6.45, 7) is 0. The minimum Gasteiger partial charge on any atom is -0.426 e. The molecule has 0 aliphatic carbocycles. The van der Waals surface area contributed by atoms with E-state index in [2.05, 4.69) is 22.6 Å². The van der Waals surface area contributed by atoms with E-state index in [1.165, 1.54) is 0 Å². The lowest BCUT2D eigenvalue weighted by molar-refractivity contribution is -0.135. The number of ether oxygens (including phenoxy) is 1. The molecule has 2 nitrogen and oxygen atoms in total. The average molecular weight is 414 g/mol. The molecule has 0 spiro atoms. The predicted octanol–water partition coefficient (Wildman–Crippen LogP) is 5.03. The zero-order valence-corrected chi connectivity index (χ0v) is 14.5. The minimum absolute atomic E-state index is 0.274. The lowest BCUT2D eigenvalue weighted by atomic mass is 9.91. The number of hydrogen-bond acceptors (Lipinski definition) is 2. The summed E-state index contributed by atoms with van der Waals surface area (Å²) in [5.41, 5.74) is 1.85. The maximum absolute atomic E-state index is 12.8. The Labute approximate surface area is 149 Å². The Kier molecular flexibility index (Phi) is 5.08. The summed E-state index contributed by atoms with van der Waals surface area (Å²) in [7, 11) is 0. The molecule has 0 atom stereocenters. The van der Waals surface area contributed by atoms with Crippen LogP contribution < -0.4 is 4.74 Å². The summed E-state index contributed by atoms with van der Waals surface area (Å²) in [6.07, 6.45) is 0. The molecule has 0 bridgehead atoms. The van der Waals surface area contributed by atoms with Crippen LogP contribution in [0, 0.1) is 3.57 Å². The smallest absolute Gasteiger partial charge is 0.323 e. The Morgan fingerprint density at radius 2 is 1.35 bits per heavy atom. The topological polar surface area (TPSA) is 26.3 Å². The van der Waals surface area contributed by atoms with Crippen LogP contribution in [0.4, 0.5) is 0 Å². The molecule has 3 aromatic rings. The second-order valence-corrected chi connectivity index (χ2v) is 6.38. The van der Waals surface area contributed by atoms with Gasteiger partial charge in [0.05, 0.1) is 0 Å². The van der Waals surface area contributed by atoms with Gasteiger partial charge in [-0.25, -0.2) is 0 Å². The van der Waals surface area contributed by atoms with Crippen LogP contribution in [0.2, 0.25) is 0 Å². The highest BCUT2D eigenvalue weighted by Gasteiger charge is 2.24. The van der Waals surface area contributed by atoms with Gasteiger partial charge in [0.1, 0.15) is 11.7 Å². The molecule has 114 valence electrons.